The van der Waals surface area contributed by atoms with Gasteiger partial charge in [-0.2, -0.15) is 0 Å². The minimum atomic E-state index is -0.741. The van der Waals surface area contributed by atoms with Crippen molar-refractivity contribution in [1.82, 2.24) is 0 Å². The molecule has 0 saturated carbocycles. The number of hydrogen-bond donors (Lipinski definition) is 0. The van der Waals surface area contributed by atoms with Gasteiger partial charge in [-0.25, -0.2) is 4.99 Å². The fourth-order valence-electron chi connectivity index (χ4n) is 5.05. The first-order valence-corrected chi connectivity index (χ1v) is 15.3. The predicted molar refractivity (Wildman–Crippen MR) is 169 cm³/mol. The van der Waals surface area contributed by atoms with Crippen LogP contribution in [0.1, 0.15) is 63.8 Å². The average molecular weight is 534 g/mol. The molecule has 0 amide bonds. The third kappa shape index (κ3) is 6.34. The van der Waals surface area contributed by atoms with Crippen LogP contribution >= 0.6 is 7.92 Å². The van der Waals surface area contributed by atoms with Crippen LogP contribution in [0.2, 0.25) is 0 Å². The van der Waals surface area contributed by atoms with E-state index in [0.717, 1.165) is 17.9 Å². The smallest absolute Gasteiger partial charge is 0.217 e. The van der Waals surface area contributed by atoms with E-state index in [9.17, 15) is 0 Å². The van der Waals surface area contributed by atoms with Gasteiger partial charge >= 0.3 is 0 Å². The number of benzene rings is 4. The van der Waals surface area contributed by atoms with Crippen molar-refractivity contribution in [3.8, 4) is 0 Å². The second kappa shape index (κ2) is 11.1. The van der Waals surface area contributed by atoms with E-state index in [1.54, 1.807) is 0 Å². The summed E-state index contributed by atoms with van der Waals surface area (Å²) in [5, 5.41) is 3.94. The van der Waals surface area contributed by atoms with Crippen molar-refractivity contribution in [3.63, 3.8) is 0 Å². The maximum atomic E-state index is 6.34. The van der Waals surface area contributed by atoms with Crippen LogP contribution in [0, 0.1) is 0 Å². The zero-order valence-electron chi connectivity index (χ0n) is 24.1. The molecule has 4 aromatic rings. The third-order valence-corrected chi connectivity index (χ3v) is 9.81. The van der Waals surface area contributed by atoms with Crippen molar-refractivity contribution in [2.24, 2.45) is 4.99 Å². The fraction of sp³-hybridized carbons (Fsp3) is 0.306. The Morgan fingerprint density at radius 1 is 0.692 bits per heavy atom. The van der Waals surface area contributed by atoms with E-state index in [1.807, 2.05) is 0 Å². The van der Waals surface area contributed by atoms with Crippen LogP contribution < -0.4 is 15.9 Å². The van der Waals surface area contributed by atoms with E-state index in [2.05, 4.69) is 145 Å². The highest BCUT2D eigenvalue weighted by atomic mass is 31.1. The van der Waals surface area contributed by atoms with E-state index < -0.39 is 7.92 Å². The lowest BCUT2D eigenvalue weighted by Crippen LogP contribution is -2.25. The molecule has 39 heavy (non-hydrogen) atoms. The van der Waals surface area contributed by atoms with Crippen molar-refractivity contribution in [1.29, 1.82) is 0 Å². The molecule has 0 aliphatic carbocycles. The topological polar surface area (TPSA) is 21.6 Å². The molecule has 0 fully saturated rings. The molecule has 3 heteroatoms. The van der Waals surface area contributed by atoms with Gasteiger partial charge in [-0.3, -0.25) is 0 Å². The Kier molecular flexibility index (Phi) is 7.79. The molecule has 0 saturated heterocycles. The summed E-state index contributed by atoms with van der Waals surface area (Å²) >= 11 is 0. The van der Waals surface area contributed by atoms with E-state index >= 15 is 0 Å². The molecule has 0 bridgehead atoms. The summed E-state index contributed by atoms with van der Waals surface area (Å²) in [4.78, 5) is 5.17. The minimum Gasteiger partial charge on any atom is -0.475 e. The van der Waals surface area contributed by atoms with Crippen molar-refractivity contribution in [2.45, 2.75) is 64.8 Å². The summed E-state index contributed by atoms with van der Waals surface area (Å²) in [6, 6.07) is 37.6. The van der Waals surface area contributed by atoms with E-state index in [-0.39, 0.29) is 16.9 Å². The Morgan fingerprint density at radius 2 is 1.21 bits per heavy atom. The lowest BCUT2D eigenvalue weighted by molar-refractivity contribution is 0.317. The van der Waals surface area contributed by atoms with Gasteiger partial charge < -0.3 is 4.74 Å². The zero-order chi connectivity index (χ0) is 27.6. The summed E-state index contributed by atoms with van der Waals surface area (Å²) in [6.45, 7) is 14.4. The third-order valence-electron chi connectivity index (χ3n) is 7.31. The first-order valence-electron chi connectivity index (χ1n) is 13.9. The summed E-state index contributed by atoms with van der Waals surface area (Å²) in [5.41, 5.74) is 5.42. The second-order valence-electron chi connectivity index (χ2n) is 12.5. The van der Waals surface area contributed by atoms with Crippen molar-refractivity contribution >= 4 is 29.7 Å². The maximum absolute atomic E-state index is 6.34. The molecule has 1 aliphatic heterocycles. The first kappa shape index (κ1) is 27.4. The molecule has 0 spiro atoms. The second-order valence-corrected chi connectivity index (χ2v) is 14.7. The molecular weight excluding hydrogens is 493 g/mol. The molecule has 0 radical (unpaired) electrons. The first-order chi connectivity index (χ1) is 18.6. The van der Waals surface area contributed by atoms with E-state index in [4.69, 9.17) is 9.73 Å². The van der Waals surface area contributed by atoms with Crippen LogP contribution in [0.4, 0.5) is 0 Å². The highest BCUT2D eigenvalue weighted by molar-refractivity contribution is 7.80. The van der Waals surface area contributed by atoms with Crippen LogP contribution in [0.3, 0.4) is 0 Å². The van der Waals surface area contributed by atoms with Gasteiger partial charge in [0.05, 0.1) is 6.04 Å². The number of aliphatic imine (C=N–C) groups is 1. The molecule has 200 valence electrons. The quantitative estimate of drug-likeness (QED) is 0.236. The minimum absolute atomic E-state index is 0.0988. The van der Waals surface area contributed by atoms with Crippen LogP contribution in [-0.2, 0) is 22.0 Å². The fourth-order valence-corrected chi connectivity index (χ4v) is 7.49. The summed E-state index contributed by atoms with van der Waals surface area (Å²) < 4.78 is 6.34. The van der Waals surface area contributed by atoms with Crippen molar-refractivity contribution < 1.29 is 4.74 Å². The molecule has 5 rings (SSSR count). The summed E-state index contributed by atoms with van der Waals surface area (Å²) in [5.74, 6) is 0.776. The van der Waals surface area contributed by atoms with Crippen molar-refractivity contribution in [2.75, 3.05) is 6.61 Å². The Balaban J connectivity index is 1.50. The van der Waals surface area contributed by atoms with Gasteiger partial charge in [0.15, 0.2) is 0 Å². The lowest BCUT2D eigenvalue weighted by Gasteiger charge is -2.26. The molecule has 0 N–H and O–H groups in total. The zero-order valence-corrected chi connectivity index (χ0v) is 25.0. The Hall–Kier alpha value is -3.22. The molecule has 0 unspecified atom stereocenters. The van der Waals surface area contributed by atoms with Crippen LogP contribution in [0.25, 0.3) is 0 Å². The molecule has 1 atom stereocenters. The maximum Gasteiger partial charge on any atom is 0.217 e. The van der Waals surface area contributed by atoms with Crippen LogP contribution in [-0.4, -0.2) is 18.5 Å². The van der Waals surface area contributed by atoms with Gasteiger partial charge in [-0.1, -0.05) is 139 Å². The molecule has 1 aliphatic rings. The normalized spacial score (nSPS) is 15.8. The highest BCUT2D eigenvalue weighted by Crippen LogP contribution is 2.35. The number of nitrogens with zero attached hydrogens (tertiary/aromatic N) is 1. The SMILES string of the molecule is CC(C)(C)c1cc(C[C@@H]2COC(c3ccccc3P(c3ccccc3)c3ccccc3)=N2)cc(C(C)(C)C)c1. The molecule has 2 nitrogen and oxygen atoms in total. The summed E-state index contributed by atoms with van der Waals surface area (Å²) in [7, 11) is -0.741. The van der Waals surface area contributed by atoms with Crippen LogP contribution in [0.15, 0.2) is 108 Å². The predicted octanol–water partition coefficient (Wildman–Crippen LogP) is 7.43. The van der Waals surface area contributed by atoms with Gasteiger partial charge in [0.1, 0.15) is 6.61 Å². The standard InChI is InChI=1S/C36H40NOP/c1-35(2,3)27-21-26(22-28(24-27)36(4,5)6)23-29-25-38-34(37-29)32-19-13-14-20-33(32)39(30-15-9-7-10-16-30)31-17-11-8-12-18-31/h7-22,24,29H,23,25H2,1-6H3/t29-/m1/s1. The number of hydrogen-bond acceptors (Lipinski definition) is 2. The number of rotatable bonds is 6. The molecule has 0 aromatic heterocycles. The van der Waals surface area contributed by atoms with E-state index in [0.29, 0.717) is 6.61 Å². The summed E-state index contributed by atoms with van der Waals surface area (Å²) in [6.07, 6.45) is 0.880. The lowest BCUT2D eigenvalue weighted by atomic mass is 9.79. The monoisotopic (exact) mass is 533 g/mol. The Morgan fingerprint density at radius 3 is 1.74 bits per heavy atom. The molecular formula is C36H40NOP. The largest absolute Gasteiger partial charge is 0.475 e. The number of ether oxygens (including phenoxy) is 1. The van der Waals surface area contributed by atoms with Gasteiger partial charge in [0, 0.05) is 5.56 Å². The Bertz CT molecular complexity index is 1370. The van der Waals surface area contributed by atoms with Gasteiger partial charge in [0.2, 0.25) is 5.90 Å². The van der Waals surface area contributed by atoms with Gasteiger partial charge in [-0.15, -0.1) is 0 Å². The average Bonchev–Trinajstić information content (AvgIpc) is 3.37. The molecule has 1 heterocycles. The van der Waals surface area contributed by atoms with Crippen molar-refractivity contribution in [3.05, 3.63) is 125 Å². The Labute approximate surface area is 235 Å². The van der Waals surface area contributed by atoms with E-state index in [1.165, 1.54) is 32.6 Å². The highest BCUT2D eigenvalue weighted by Gasteiger charge is 2.27. The van der Waals surface area contributed by atoms with Crippen LogP contribution in [0.5, 0.6) is 0 Å². The van der Waals surface area contributed by atoms with Gasteiger partial charge in [-0.05, 0) is 63.8 Å². The van der Waals surface area contributed by atoms with Gasteiger partial charge in [0.25, 0.3) is 0 Å². The molecule has 4 aromatic carbocycles.